The van der Waals surface area contributed by atoms with Gasteiger partial charge in [-0.15, -0.1) is 0 Å². The molecule has 0 aliphatic rings. The van der Waals surface area contributed by atoms with Crippen molar-refractivity contribution in [3.05, 3.63) is 115 Å². The van der Waals surface area contributed by atoms with Crippen LogP contribution in [0.25, 0.3) is 55.3 Å². The molecule has 4 nitrogen and oxygen atoms in total. The van der Waals surface area contributed by atoms with Crippen LogP contribution in [0.2, 0.25) is 0 Å². The lowest BCUT2D eigenvalue weighted by atomic mass is 9.94. The smallest absolute Gasteiger partial charge is 0.174 e. The van der Waals surface area contributed by atoms with Crippen molar-refractivity contribution in [3.8, 4) is 33.6 Å². The Morgan fingerprint density at radius 2 is 1.56 bits per heavy atom. The molecule has 0 bridgehead atoms. The first-order chi connectivity index (χ1) is 16.8. The van der Waals surface area contributed by atoms with Crippen LogP contribution in [0.4, 0.5) is 0 Å². The maximum atomic E-state index is 5.18. The molecular weight excluding hydrogens is 416 g/mol. The van der Waals surface area contributed by atoms with E-state index < -0.39 is 0 Å². The van der Waals surface area contributed by atoms with Crippen molar-refractivity contribution in [3.63, 3.8) is 0 Å². The third-order valence-electron chi connectivity index (χ3n) is 6.32. The van der Waals surface area contributed by atoms with Crippen LogP contribution >= 0.6 is 0 Å². The number of H-pyrrole nitrogens is 1. The van der Waals surface area contributed by atoms with Crippen molar-refractivity contribution >= 4 is 21.7 Å². The van der Waals surface area contributed by atoms with Gasteiger partial charge in [0.25, 0.3) is 0 Å². The number of quaternary nitrogens is 1. The Morgan fingerprint density at radius 3 is 2.38 bits per heavy atom. The van der Waals surface area contributed by atoms with Gasteiger partial charge < -0.3 is 5.73 Å². The fraction of sp³-hybridized carbons (Fsp3) is 0.0333. The summed E-state index contributed by atoms with van der Waals surface area (Å²) in [6, 6.07) is 31.7. The number of hydrogen-bond acceptors (Lipinski definition) is 2. The van der Waals surface area contributed by atoms with E-state index in [1.54, 1.807) is 0 Å². The number of rotatable bonds is 4. The van der Waals surface area contributed by atoms with Gasteiger partial charge in [0.05, 0.1) is 23.4 Å². The lowest BCUT2D eigenvalue weighted by Crippen LogP contribution is -2.47. The van der Waals surface area contributed by atoms with Gasteiger partial charge in [-0.25, -0.2) is 9.97 Å². The van der Waals surface area contributed by atoms with Gasteiger partial charge in [0.1, 0.15) is 0 Å². The summed E-state index contributed by atoms with van der Waals surface area (Å²) in [5, 5.41) is 3.35. The van der Waals surface area contributed by atoms with Crippen molar-refractivity contribution in [2.45, 2.75) is 6.54 Å². The minimum atomic E-state index is 0.773. The minimum absolute atomic E-state index is 0.773. The van der Waals surface area contributed by atoms with Gasteiger partial charge in [-0.05, 0) is 23.8 Å². The van der Waals surface area contributed by atoms with Crippen LogP contribution in [0.1, 0.15) is 5.56 Å². The Labute approximate surface area is 197 Å². The zero-order valence-electron chi connectivity index (χ0n) is 18.7. The largest absolute Gasteiger partial charge is 0.354 e. The van der Waals surface area contributed by atoms with Crippen LogP contribution in [0.15, 0.2) is 110 Å². The van der Waals surface area contributed by atoms with Gasteiger partial charge >= 0.3 is 0 Å². The molecule has 3 aromatic carbocycles. The lowest BCUT2D eigenvalue weighted by Gasteiger charge is -2.14. The Hall–Kier alpha value is -4.41. The molecule has 0 saturated carbocycles. The highest BCUT2D eigenvalue weighted by Crippen LogP contribution is 2.37. The molecule has 0 fully saturated rings. The molecule has 0 aliphatic carbocycles. The topological polar surface area (TPSA) is 67.6 Å². The number of nitrogens with one attached hydrogen (secondary N) is 1. The van der Waals surface area contributed by atoms with Crippen molar-refractivity contribution in [1.82, 2.24) is 9.97 Å². The summed E-state index contributed by atoms with van der Waals surface area (Å²) < 4.78 is 0. The molecule has 0 atom stereocenters. The molecule has 162 valence electrons. The van der Waals surface area contributed by atoms with Gasteiger partial charge in [-0.3, -0.25) is 4.98 Å². The van der Waals surface area contributed by atoms with E-state index >= 15 is 0 Å². The van der Waals surface area contributed by atoms with Crippen molar-refractivity contribution in [2.75, 3.05) is 0 Å². The molecule has 0 unspecified atom stereocenters. The maximum Gasteiger partial charge on any atom is 0.174 e. The van der Waals surface area contributed by atoms with Gasteiger partial charge in [-0.2, -0.15) is 0 Å². The summed E-state index contributed by atoms with van der Waals surface area (Å²) in [7, 11) is 0. The molecule has 4 N–H and O–H groups in total. The molecule has 4 heteroatoms. The van der Waals surface area contributed by atoms with E-state index in [0.717, 1.165) is 61.9 Å². The zero-order chi connectivity index (χ0) is 22.9. The van der Waals surface area contributed by atoms with Crippen molar-refractivity contribution < 1.29 is 10.7 Å². The van der Waals surface area contributed by atoms with Gasteiger partial charge in [0.2, 0.25) is 0 Å². The first-order valence-electron chi connectivity index (χ1n) is 11.4. The van der Waals surface area contributed by atoms with E-state index in [9.17, 15) is 0 Å². The number of nitrogens with zero attached hydrogens (tertiary/aromatic N) is 2. The molecule has 3 heterocycles. The zero-order valence-corrected chi connectivity index (χ0v) is 18.7. The van der Waals surface area contributed by atoms with E-state index in [0.29, 0.717) is 0 Å². The van der Waals surface area contributed by atoms with E-state index in [1.807, 2.05) is 30.7 Å². The number of benzene rings is 3. The summed E-state index contributed by atoms with van der Waals surface area (Å²) in [4.78, 5) is 13.2. The molecule has 3 aromatic heterocycles. The van der Waals surface area contributed by atoms with Crippen LogP contribution in [-0.4, -0.2) is 9.97 Å². The second-order valence-electron chi connectivity index (χ2n) is 8.38. The molecule has 6 aromatic rings. The van der Waals surface area contributed by atoms with E-state index in [1.165, 1.54) is 5.56 Å². The fourth-order valence-electron chi connectivity index (χ4n) is 4.57. The van der Waals surface area contributed by atoms with Crippen LogP contribution in [0.3, 0.4) is 0 Å². The van der Waals surface area contributed by atoms with Crippen molar-refractivity contribution in [2.24, 2.45) is 0 Å². The third kappa shape index (κ3) is 3.51. The van der Waals surface area contributed by atoms with E-state index in [4.69, 9.17) is 9.97 Å². The fourth-order valence-corrected chi connectivity index (χ4v) is 4.57. The standard InChI is InChI=1S/C30H22N4/c31-18-20-9-11-22(12-10-20)29-26(21-5-2-1-3-6-21)17-27-28(34-29)14-16-33-30(27)25-8-4-7-23-19-32-15-13-24(23)25/h1-17,19H,18,31H2/p+2. The SMILES string of the molecule is [NH3+]Cc1ccc(-c2nc3ccnc(-c4cccc5c[nH+]ccc45)c3cc2-c2ccccc2)cc1. The van der Waals surface area contributed by atoms with E-state index in [2.05, 4.69) is 89.6 Å². The highest BCUT2D eigenvalue weighted by Gasteiger charge is 2.16. The molecule has 0 aliphatic heterocycles. The molecule has 0 saturated heterocycles. The predicted octanol–water partition coefficient (Wildman–Crippen LogP) is 5.34. The molecule has 6 rings (SSSR count). The normalized spacial score (nSPS) is 11.2. The summed E-state index contributed by atoms with van der Waals surface area (Å²) in [5.41, 5.74) is 12.5. The van der Waals surface area contributed by atoms with Crippen LogP contribution < -0.4 is 10.7 Å². The average molecular weight is 441 g/mol. The second kappa shape index (κ2) is 8.50. The quantitative estimate of drug-likeness (QED) is 0.402. The van der Waals surface area contributed by atoms with E-state index in [-0.39, 0.29) is 0 Å². The first kappa shape index (κ1) is 20.2. The number of fused-ring (bicyclic) bond motifs is 2. The third-order valence-corrected chi connectivity index (χ3v) is 6.32. The van der Waals surface area contributed by atoms with Crippen LogP contribution in [0.5, 0.6) is 0 Å². The number of hydrogen-bond donors (Lipinski definition) is 1. The molecule has 0 spiro atoms. The molecular formula is C30H24N4+2. The summed E-state index contributed by atoms with van der Waals surface area (Å²) in [5.74, 6) is 0. The highest BCUT2D eigenvalue weighted by atomic mass is 14.7. The Balaban J connectivity index is 1.65. The van der Waals surface area contributed by atoms with Crippen LogP contribution in [-0.2, 0) is 6.54 Å². The minimum Gasteiger partial charge on any atom is -0.354 e. The Kier molecular flexibility index (Phi) is 5.06. The number of aromatic amines is 1. The number of aromatic nitrogens is 3. The van der Waals surface area contributed by atoms with Gasteiger partial charge in [0.15, 0.2) is 12.4 Å². The second-order valence-corrected chi connectivity index (χ2v) is 8.38. The van der Waals surface area contributed by atoms with Gasteiger partial charge in [0, 0.05) is 50.7 Å². The highest BCUT2D eigenvalue weighted by molar-refractivity contribution is 6.04. The number of pyridine rings is 3. The first-order valence-corrected chi connectivity index (χ1v) is 11.4. The lowest BCUT2D eigenvalue weighted by molar-refractivity contribution is -0.386. The van der Waals surface area contributed by atoms with Crippen LogP contribution in [0, 0.1) is 0 Å². The Bertz CT molecular complexity index is 1620. The molecule has 0 amide bonds. The summed E-state index contributed by atoms with van der Waals surface area (Å²) in [6.45, 7) is 0.773. The molecule has 34 heavy (non-hydrogen) atoms. The van der Waals surface area contributed by atoms with Gasteiger partial charge in [-0.1, -0.05) is 66.7 Å². The monoisotopic (exact) mass is 440 g/mol. The van der Waals surface area contributed by atoms with Crippen molar-refractivity contribution in [1.29, 1.82) is 0 Å². The average Bonchev–Trinajstić information content (AvgIpc) is 2.92. The summed E-state index contributed by atoms with van der Waals surface area (Å²) >= 11 is 0. The maximum absolute atomic E-state index is 5.18. The predicted molar refractivity (Wildman–Crippen MR) is 136 cm³/mol. The summed E-state index contributed by atoms with van der Waals surface area (Å²) in [6.07, 6.45) is 5.83. The molecule has 0 radical (unpaired) electrons. The Morgan fingerprint density at radius 1 is 0.706 bits per heavy atom.